The van der Waals surface area contributed by atoms with Crippen molar-refractivity contribution in [3.05, 3.63) is 70.7 Å². The number of amides is 1. The molecular formula is C19H17FN2O3S2. The molecule has 0 unspecified atom stereocenters. The van der Waals surface area contributed by atoms with Crippen LogP contribution in [0.2, 0.25) is 0 Å². The largest absolute Gasteiger partial charge is 0.321 e. The van der Waals surface area contributed by atoms with Gasteiger partial charge >= 0.3 is 0 Å². The maximum atomic E-state index is 13.8. The van der Waals surface area contributed by atoms with E-state index in [2.05, 4.69) is 10.0 Å². The zero-order chi connectivity index (χ0) is 19.4. The molecule has 5 nitrogen and oxygen atoms in total. The number of rotatable bonds is 6. The molecule has 0 saturated heterocycles. The first-order valence-electron chi connectivity index (χ1n) is 8.12. The van der Waals surface area contributed by atoms with E-state index in [0.29, 0.717) is 4.88 Å². The van der Waals surface area contributed by atoms with Crippen LogP contribution >= 0.6 is 11.3 Å². The number of anilines is 2. The third-order valence-electron chi connectivity index (χ3n) is 3.74. The molecule has 0 aliphatic heterocycles. The van der Waals surface area contributed by atoms with Gasteiger partial charge in [0, 0.05) is 5.69 Å². The SMILES string of the molecule is CCS(=O)(=O)Nc1cc(F)cc(NC(=O)c2cc(-c3ccccc3)cs2)c1. The summed E-state index contributed by atoms with van der Waals surface area (Å²) in [5, 5.41) is 4.48. The second-order valence-corrected chi connectivity index (χ2v) is 8.68. The van der Waals surface area contributed by atoms with E-state index >= 15 is 0 Å². The zero-order valence-electron chi connectivity index (χ0n) is 14.4. The quantitative estimate of drug-likeness (QED) is 0.632. The average Bonchev–Trinajstić information content (AvgIpc) is 3.12. The Balaban J connectivity index is 1.78. The predicted octanol–water partition coefficient (Wildman–Crippen LogP) is 4.57. The summed E-state index contributed by atoms with van der Waals surface area (Å²) < 4.78 is 39.4. The van der Waals surface area contributed by atoms with Crippen LogP contribution in [0.5, 0.6) is 0 Å². The van der Waals surface area contributed by atoms with E-state index in [-0.39, 0.29) is 17.1 Å². The minimum absolute atomic E-state index is 0.0586. The van der Waals surface area contributed by atoms with Gasteiger partial charge in [-0.05, 0) is 47.7 Å². The normalized spacial score (nSPS) is 11.2. The van der Waals surface area contributed by atoms with Crippen LogP contribution < -0.4 is 10.0 Å². The van der Waals surface area contributed by atoms with Gasteiger partial charge in [0.2, 0.25) is 10.0 Å². The fraction of sp³-hybridized carbons (Fsp3) is 0.105. The molecule has 140 valence electrons. The minimum atomic E-state index is -3.54. The lowest BCUT2D eigenvalue weighted by molar-refractivity contribution is 0.103. The minimum Gasteiger partial charge on any atom is -0.321 e. The fourth-order valence-corrected chi connectivity index (χ4v) is 3.83. The first-order valence-corrected chi connectivity index (χ1v) is 10.7. The number of hydrogen-bond acceptors (Lipinski definition) is 4. The Kier molecular flexibility index (Phi) is 5.57. The van der Waals surface area contributed by atoms with Gasteiger partial charge in [-0.2, -0.15) is 0 Å². The second kappa shape index (κ2) is 7.89. The summed E-state index contributed by atoms with van der Waals surface area (Å²) in [4.78, 5) is 12.9. The van der Waals surface area contributed by atoms with Crippen LogP contribution in [0.4, 0.5) is 15.8 Å². The third kappa shape index (κ3) is 4.93. The molecule has 0 spiro atoms. The monoisotopic (exact) mass is 404 g/mol. The molecule has 3 rings (SSSR count). The molecule has 0 aliphatic carbocycles. The van der Waals surface area contributed by atoms with Crippen molar-refractivity contribution in [3.63, 3.8) is 0 Å². The number of benzene rings is 2. The van der Waals surface area contributed by atoms with Crippen molar-refractivity contribution in [1.82, 2.24) is 0 Å². The Morgan fingerprint density at radius 2 is 1.74 bits per heavy atom. The fourth-order valence-electron chi connectivity index (χ4n) is 2.40. The van der Waals surface area contributed by atoms with Gasteiger partial charge in [-0.15, -0.1) is 11.3 Å². The van der Waals surface area contributed by atoms with Gasteiger partial charge in [-0.25, -0.2) is 12.8 Å². The molecule has 8 heteroatoms. The number of nitrogens with one attached hydrogen (secondary N) is 2. The lowest BCUT2D eigenvalue weighted by Crippen LogP contribution is -2.15. The van der Waals surface area contributed by atoms with Crippen LogP contribution in [0.15, 0.2) is 60.0 Å². The summed E-state index contributed by atoms with van der Waals surface area (Å²) >= 11 is 1.28. The number of carbonyl (C=O) groups excluding carboxylic acids is 1. The molecule has 0 atom stereocenters. The molecular weight excluding hydrogens is 387 g/mol. The Morgan fingerprint density at radius 1 is 1.04 bits per heavy atom. The summed E-state index contributed by atoms with van der Waals surface area (Å²) in [6, 6.07) is 15.0. The summed E-state index contributed by atoms with van der Waals surface area (Å²) in [6.45, 7) is 1.48. The van der Waals surface area contributed by atoms with Crippen molar-refractivity contribution in [1.29, 1.82) is 0 Å². The number of halogens is 1. The van der Waals surface area contributed by atoms with E-state index in [1.54, 1.807) is 6.07 Å². The number of thiophene rings is 1. The van der Waals surface area contributed by atoms with Crippen LogP contribution in [0.3, 0.4) is 0 Å². The van der Waals surface area contributed by atoms with Crippen LogP contribution in [0.25, 0.3) is 11.1 Å². The smallest absolute Gasteiger partial charge is 0.265 e. The van der Waals surface area contributed by atoms with Crippen LogP contribution in [-0.4, -0.2) is 20.1 Å². The molecule has 2 N–H and O–H groups in total. The van der Waals surface area contributed by atoms with Crippen molar-refractivity contribution >= 4 is 38.6 Å². The molecule has 1 heterocycles. The van der Waals surface area contributed by atoms with Crippen molar-refractivity contribution in [2.75, 3.05) is 15.8 Å². The van der Waals surface area contributed by atoms with E-state index in [1.165, 1.54) is 24.3 Å². The third-order valence-corrected chi connectivity index (χ3v) is 5.98. The highest BCUT2D eigenvalue weighted by molar-refractivity contribution is 7.92. The van der Waals surface area contributed by atoms with Crippen molar-refractivity contribution in [2.45, 2.75) is 6.92 Å². The molecule has 27 heavy (non-hydrogen) atoms. The molecule has 0 aliphatic rings. The Labute approximate surface area is 160 Å². The lowest BCUT2D eigenvalue weighted by atomic mass is 10.1. The highest BCUT2D eigenvalue weighted by Crippen LogP contribution is 2.27. The summed E-state index contributed by atoms with van der Waals surface area (Å²) in [6.07, 6.45) is 0. The molecule has 0 fully saturated rings. The lowest BCUT2D eigenvalue weighted by Gasteiger charge is -2.09. The molecule has 1 aromatic heterocycles. The molecule has 1 amide bonds. The highest BCUT2D eigenvalue weighted by atomic mass is 32.2. The highest BCUT2D eigenvalue weighted by Gasteiger charge is 2.13. The predicted molar refractivity (Wildman–Crippen MR) is 107 cm³/mol. The Bertz CT molecular complexity index is 1060. The van der Waals surface area contributed by atoms with E-state index in [9.17, 15) is 17.6 Å². The van der Waals surface area contributed by atoms with E-state index in [1.807, 2.05) is 35.7 Å². The maximum Gasteiger partial charge on any atom is 0.265 e. The number of sulfonamides is 1. The first-order chi connectivity index (χ1) is 12.9. The number of hydrogen-bond donors (Lipinski definition) is 2. The van der Waals surface area contributed by atoms with Gasteiger partial charge in [0.1, 0.15) is 5.82 Å². The first kappa shape index (κ1) is 19.1. The zero-order valence-corrected chi connectivity index (χ0v) is 16.0. The van der Waals surface area contributed by atoms with Crippen LogP contribution in [0.1, 0.15) is 16.6 Å². The summed E-state index contributed by atoms with van der Waals surface area (Å²) in [5.41, 5.74) is 2.14. The summed E-state index contributed by atoms with van der Waals surface area (Å²) in [5.74, 6) is -1.18. The van der Waals surface area contributed by atoms with Crippen molar-refractivity contribution in [2.24, 2.45) is 0 Å². The van der Waals surface area contributed by atoms with Crippen LogP contribution in [-0.2, 0) is 10.0 Å². The van der Waals surface area contributed by atoms with Gasteiger partial charge in [0.05, 0.1) is 16.3 Å². The van der Waals surface area contributed by atoms with Gasteiger partial charge < -0.3 is 5.32 Å². The van der Waals surface area contributed by atoms with Gasteiger partial charge in [0.15, 0.2) is 0 Å². The Hall–Kier alpha value is -2.71. The van der Waals surface area contributed by atoms with Crippen molar-refractivity contribution in [3.8, 4) is 11.1 Å². The van der Waals surface area contributed by atoms with Gasteiger partial charge in [0.25, 0.3) is 5.91 Å². The van der Waals surface area contributed by atoms with Gasteiger partial charge in [-0.3, -0.25) is 9.52 Å². The molecule has 3 aromatic rings. The molecule has 0 radical (unpaired) electrons. The van der Waals surface area contributed by atoms with E-state index in [4.69, 9.17) is 0 Å². The van der Waals surface area contributed by atoms with E-state index in [0.717, 1.165) is 23.3 Å². The molecule has 2 aromatic carbocycles. The average molecular weight is 404 g/mol. The van der Waals surface area contributed by atoms with Crippen LogP contribution in [0, 0.1) is 5.82 Å². The molecule has 0 bridgehead atoms. The second-order valence-electron chi connectivity index (χ2n) is 5.75. The standard InChI is InChI=1S/C19H17FN2O3S2/c1-2-27(24,25)22-17-10-15(20)9-16(11-17)21-19(23)18-8-14(12-26-18)13-6-4-3-5-7-13/h3-12,22H,2H2,1H3,(H,21,23). The van der Waals surface area contributed by atoms with Gasteiger partial charge in [-0.1, -0.05) is 30.3 Å². The number of carbonyl (C=O) groups is 1. The Morgan fingerprint density at radius 3 is 2.44 bits per heavy atom. The summed E-state index contributed by atoms with van der Waals surface area (Å²) in [7, 11) is -3.54. The molecule has 0 saturated carbocycles. The van der Waals surface area contributed by atoms with E-state index < -0.39 is 21.7 Å². The topological polar surface area (TPSA) is 75.3 Å². The van der Waals surface area contributed by atoms with Crippen molar-refractivity contribution < 1.29 is 17.6 Å². The maximum absolute atomic E-state index is 13.8.